The van der Waals surface area contributed by atoms with Gasteiger partial charge in [-0.05, 0) is 25.3 Å². The number of nitrogens with zero attached hydrogens (tertiary/aromatic N) is 1. The van der Waals surface area contributed by atoms with Gasteiger partial charge >= 0.3 is 0 Å². The SMILES string of the molecule is O=C(NCCCOC1CCCCC1)c1cccc([N+](=O)[O-])c1. The van der Waals surface area contributed by atoms with Gasteiger partial charge in [-0.2, -0.15) is 0 Å². The van der Waals surface area contributed by atoms with Crippen molar-refractivity contribution in [1.82, 2.24) is 5.32 Å². The van der Waals surface area contributed by atoms with Crippen LogP contribution in [0.5, 0.6) is 0 Å². The summed E-state index contributed by atoms with van der Waals surface area (Å²) in [5, 5.41) is 13.4. The number of ether oxygens (including phenoxy) is 1. The first kappa shape index (κ1) is 16.4. The zero-order valence-corrected chi connectivity index (χ0v) is 12.6. The number of nitrogens with one attached hydrogen (secondary N) is 1. The third kappa shape index (κ3) is 5.11. The van der Waals surface area contributed by atoms with Crippen molar-refractivity contribution in [3.8, 4) is 0 Å². The molecule has 1 aliphatic rings. The summed E-state index contributed by atoms with van der Waals surface area (Å²) in [4.78, 5) is 22.1. The third-order valence-corrected chi connectivity index (χ3v) is 3.83. The van der Waals surface area contributed by atoms with Crippen molar-refractivity contribution in [1.29, 1.82) is 0 Å². The van der Waals surface area contributed by atoms with Gasteiger partial charge in [0.15, 0.2) is 0 Å². The van der Waals surface area contributed by atoms with Crippen LogP contribution in [0.2, 0.25) is 0 Å². The summed E-state index contributed by atoms with van der Waals surface area (Å²) in [7, 11) is 0. The van der Waals surface area contributed by atoms with E-state index in [0.29, 0.717) is 24.8 Å². The Kier molecular flexibility index (Phi) is 6.33. The van der Waals surface area contributed by atoms with Gasteiger partial charge < -0.3 is 10.1 Å². The molecule has 120 valence electrons. The number of nitro benzene ring substituents is 1. The van der Waals surface area contributed by atoms with Crippen LogP contribution in [0.1, 0.15) is 48.9 Å². The average molecular weight is 306 g/mol. The monoisotopic (exact) mass is 306 g/mol. The van der Waals surface area contributed by atoms with Crippen LogP contribution in [0.3, 0.4) is 0 Å². The Balaban J connectivity index is 1.67. The van der Waals surface area contributed by atoms with Crippen LogP contribution in [0.25, 0.3) is 0 Å². The van der Waals surface area contributed by atoms with Gasteiger partial charge in [-0.15, -0.1) is 0 Å². The number of carbonyl (C=O) groups is 1. The van der Waals surface area contributed by atoms with Gasteiger partial charge in [0.1, 0.15) is 0 Å². The molecule has 1 fully saturated rings. The van der Waals surface area contributed by atoms with Crippen LogP contribution in [0.15, 0.2) is 24.3 Å². The maximum atomic E-state index is 11.9. The van der Waals surface area contributed by atoms with E-state index in [1.54, 1.807) is 6.07 Å². The number of rotatable bonds is 7. The number of non-ortho nitro benzene ring substituents is 1. The van der Waals surface area contributed by atoms with E-state index >= 15 is 0 Å². The Hall–Kier alpha value is -1.95. The fraction of sp³-hybridized carbons (Fsp3) is 0.562. The molecular formula is C16H22N2O4. The summed E-state index contributed by atoms with van der Waals surface area (Å²) in [6.07, 6.45) is 7.19. The second-order valence-electron chi connectivity index (χ2n) is 5.55. The second-order valence-corrected chi connectivity index (χ2v) is 5.55. The topological polar surface area (TPSA) is 81.5 Å². The number of benzene rings is 1. The molecule has 0 aromatic heterocycles. The van der Waals surface area contributed by atoms with Crippen LogP contribution in [0, 0.1) is 10.1 Å². The molecule has 1 aromatic rings. The largest absolute Gasteiger partial charge is 0.378 e. The smallest absolute Gasteiger partial charge is 0.270 e. The van der Waals surface area contributed by atoms with Crippen molar-refractivity contribution >= 4 is 11.6 Å². The lowest BCUT2D eigenvalue weighted by Gasteiger charge is -2.21. The molecule has 1 N–H and O–H groups in total. The second kappa shape index (κ2) is 8.48. The first-order valence-corrected chi connectivity index (χ1v) is 7.81. The number of hydrogen-bond acceptors (Lipinski definition) is 4. The summed E-state index contributed by atoms with van der Waals surface area (Å²) in [6.45, 7) is 1.15. The van der Waals surface area contributed by atoms with Crippen molar-refractivity contribution in [2.75, 3.05) is 13.2 Å². The predicted molar refractivity (Wildman–Crippen MR) is 82.9 cm³/mol. The van der Waals surface area contributed by atoms with Crippen molar-refractivity contribution in [2.45, 2.75) is 44.6 Å². The molecule has 6 nitrogen and oxygen atoms in total. The van der Waals surface area contributed by atoms with Gasteiger partial charge in [0.05, 0.1) is 11.0 Å². The summed E-state index contributed by atoms with van der Waals surface area (Å²) >= 11 is 0. The Morgan fingerprint density at radius 1 is 1.32 bits per heavy atom. The molecule has 0 unspecified atom stereocenters. The fourth-order valence-corrected chi connectivity index (χ4v) is 2.62. The fourth-order valence-electron chi connectivity index (χ4n) is 2.62. The molecule has 1 aliphatic carbocycles. The van der Waals surface area contributed by atoms with Crippen molar-refractivity contribution in [3.05, 3.63) is 39.9 Å². The van der Waals surface area contributed by atoms with E-state index in [4.69, 9.17) is 4.74 Å². The van der Waals surface area contributed by atoms with Crippen LogP contribution in [0.4, 0.5) is 5.69 Å². The summed E-state index contributed by atoms with van der Waals surface area (Å²) < 4.78 is 5.78. The highest BCUT2D eigenvalue weighted by Crippen LogP contribution is 2.20. The molecule has 2 rings (SSSR count). The number of carbonyl (C=O) groups excluding carboxylic acids is 1. The quantitative estimate of drug-likeness (QED) is 0.477. The van der Waals surface area contributed by atoms with Gasteiger partial charge in [0.2, 0.25) is 0 Å². The summed E-state index contributed by atoms with van der Waals surface area (Å²) in [5.74, 6) is -0.290. The highest BCUT2D eigenvalue weighted by Gasteiger charge is 2.13. The lowest BCUT2D eigenvalue weighted by atomic mass is 9.98. The van der Waals surface area contributed by atoms with Crippen LogP contribution in [-0.2, 0) is 4.74 Å². The molecule has 0 aliphatic heterocycles. The predicted octanol–water partition coefficient (Wildman–Crippen LogP) is 3.06. The molecular weight excluding hydrogens is 284 g/mol. The number of hydrogen-bond donors (Lipinski definition) is 1. The Morgan fingerprint density at radius 2 is 2.09 bits per heavy atom. The molecule has 1 aromatic carbocycles. The van der Waals surface area contributed by atoms with E-state index in [1.807, 2.05) is 0 Å². The molecule has 1 saturated carbocycles. The van der Waals surface area contributed by atoms with E-state index in [2.05, 4.69) is 5.32 Å². The highest BCUT2D eigenvalue weighted by atomic mass is 16.6. The summed E-state index contributed by atoms with van der Waals surface area (Å²) in [6, 6.07) is 5.74. The number of amides is 1. The van der Waals surface area contributed by atoms with E-state index < -0.39 is 4.92 Å². The normalized spacial score (nSPS) is 15.5. The maximum absolute atomic E-state index is 11.9. The molecule has 0 spiro atoms. The Labute approximate surface area is 130 Å². The molecule has 22 heavy (non-hydrogen) atoms. The molecule has 0 atom stereocenters. The third-order valence-electron chi connectivity index (χ3n) is 3.83. The van der Waals surface area contributed by atoms with E-state index in [9.17, 15) is 14.9 Å². The standard InChI is InChI=1S/C16H22N2O4/c19-16(13-6-4-7-14(12-13)18(20)21)17-10-5-11-22-15-8-2-1-3-9-15/h4,6-7,12,15H,1-3,5,8-11H2,(H,17,19). The molecule has 0 heterocycles. The van der Waals surface area contributed by atoms with Gasteiger partial charge in [-0.3, -0.25) is 14.9 Å². The van der Waals surface area contributed by atoms with Crippen LogP contribution in [-0.4, -0.2) is 30.1 Å². The van der Waals surface area contributed by atoms with E-state index in [-0.39, 0.29) is 11.6 Å². The van der Waals surface area contributed by atoms with Gasteiger partial charge in [0, 0.05) is 30.8 Å². The minimum atomic E-state index is -0.505. The minimum Gasteiger partial charge on any atom is -0.378 e. The minimum absolute atomic E-state index is 0.0757. The van der Waals surface area contributed by atoms with Crippen LogP contribution < -0.4 is 5.32 Å². The van der Waals surface area contributed by atoms with Crippen LogP contribution >= 0.6 is 0 Å². The molecule has 6 heteroatoms. The zero-order chi connectivity index (χ0) is 15.8. The highest BCUT2D eigenvalue weighted by molar-refractivity contribution is 5.94. The first-order chi connectivity index (χ1) is 10.7. The molecule has 0 bridgehead atoms. The lowest BCUT2D eigenvalue weighted by Crippen LogP contribution is -2.26. The first-order valence-electron chi connectivity index (χ1n) is 7.81. The van der Waals surface area contributed by atoms with Crippen molar-refractivity contribution < 1.29 is 14.5 Å². The zero-order valence-electron chi connectivity index (χ0n) is 12.6. The summed E-state index contributed by atoms with van der Waals surface area (Å²) in [5.41, 5.74) is 0.232. The molecule has 0 saturated heterocycles. The van der Waals surface area contributed by atoms with Crippen molar-refractivity contribution in [3.63, 3.8) is 0 Å². The molecule has 0 radical (unpaired) electrons. The Bertz CT molecular complexity index is 513. The van der Waals surface area contributed by atoms with Crippen molar-refractivity contribution in [2.24, 2.45) is 0 Å². The maximum Gasteiger partial charge on any atom is 0.270 e. The molecule has 1 amide bonds. The lowest BCUT2D eigenvalue weighted by molar-refractivity contribution is -0.384. The van der Waals surface area contributed by atoms with Gasteiger partial charge in [0.25, 0.3) is 11.6 Å². The number of nitro groups is 1. The van der Waals surface area contributed by atoms with E-state index in [1.165, 1.54) is 37.5 Å². The average Bonchev–Trinajstić information content (AvgIpc) is 2.55. The van der Waals surface area contributed by atoms with E-state index in [0.717, 1.165) is 19.3 Å². The van der Waals surface area contributed by atoms with Gasteiger partial charge in [-0.25, -0.2) is 0 Å². The Morgan fingerprint density at radius 3 is 2.82 bits per heavy atom. The van der Waals surface area contributed by atoms with Gasteiger partial charge in [-0.1, -0.05) is 25.3 Å².